The second-order valence-electron chi connectivity index (χ2n) is 7.70. The van der Waals surface area contributed by atoms with Gasteiger partial charge in [-0.2, -0.15) is 15.3 Å². The summed E-state index contributed by atoms with van der Waals surface area (Å²) in [6.45, 7) is 5.72. The lowest BCUT2D eigenvalue weighted by Crippen LogP contribution is -2.37. The first-order valence-electron chi connectivity index (χ1n) is 10.2. The van der Waals surface area contributed by atoms with Gasteiger partial charge >= 0.3 is 0 Å². The van der Waals surface area contributed by atoms with Crippen molar-refractivity contribution in [3.05, 3.63) is 45.7 Å². The lowest BCUT2D eigenvalue weighted by atomic mass is 10.1. The Morgan fingerprint density at radius 2 is 1.90 bits per heavy atom. The normalized spacial score (nSPS) is 14.1. The molecule has 0 bridgehead atoms. The summed E-state index contributed by atoms with van der Waals surface area (Å²) in [5.74, 6) is -0.510. The van der Waals surface area contributed by atoms with Crippen molar-refractivity contribution in [1.82, 2.24) is 34.2 Å². The molecule has 0 radical (unpaired) electrons. The third-order valence-electron chi connectivity index (χ3n) is 5.48. The van der Waals surface area contributed by atoms with Crippen LogP contribution in [0.4, 0.5) is 5.69 Å². The van der Waals surface area contributed by atoms with Crippen LogP contribution in [0.3, 0.4) is 0 Å². The molecule has 1 saturated heterocycles. The van der Waals surface area contributed by atoms with E-state index >= 15 is 0 Å². The van der Waals surface area contributed by atoms with E-state index in [-0.39, 0.29) is 11.6 Å². The van der Waals surface area contributed by atoms with Crippen molar-refractivity contribution in [1.29, 1.82) is 0 Å². The van der Waals surface area contributed by atoms with E-state index in [2.05, 4.69) is 36.5 Å². The predicted molar refractivity (Wildman–Crippen MR) is 118 cm³/mol. The number of halogens is 1. The number of amides is 2. The molecular formula is C20H25BrN8O2. The number of likely N-dealkylation sites (tertiary alicyclic amines) is 1. The average molecular weight is 489 g/mol. The minimum Gasteiger partial charge on any atom is -0.337 e. The Kier molecular flexibility index (Phi) is 5.94. The van der Waals surface area contributed by atoms with E-state index in [0.29, 0.717) is 18.1 Å². The largest absolute Gasteiger partial charge is 0.337 e. The van der Waals surface area contributed by atoms with Crippen molar-refractivity contribution in [2.45, 2.75) is 39.8 Å². The molecule has 11 heteroatoms. The van der Waals surface area contributed by atoms with E-state index in [1.807, 2.05) is 23.4 Å². The second-order valence-corrected chi connectivity index (χ2v) is 8.50. The fraction of sp³-hybridized carbons (Fsp3) is 0.450. The zero-order valence-corrected chi connectivity index (χ0v) is 19.4. The number of hydrogen-bond acceptors (Lipinski definition) is 5. The Labute approximate surface area is 188 Å². The van der Waals surface area contributed by atoms with E-state index in [4.69, 9.17) is 0 Å². The lowest BCUT2D eigenvalue weighted by Gasteiger charge is -2.27. The molecule has 31 heavy (non-hydrogen) atoms. The van der Waals surface area contributed by atoms with Crippen LogP contribution in [-0.2, 0) is 13.7 Å². The van der Waals surface area contributed by atoms with Crippen molar-refractivity contribution in [3.8, 4) is 0 Å². The first-order valence-corrected chi connectivity index (χ1v) is 11.0. The molecule has 4 rings (SSSR count). The van der Waals surface area contributed by atoms with Gasteiger partial charge in [0, 0.05) is 26.3 Å². The van der Waals surface area contributed by atoms with Gasteiger partial charge in [0.05, 0.1) is 27.7 Å². The number of carbonyl (C=O) groups is 2. The van der Waals surface area contributed by atoms with Crippen LogP contribution in [0, 0.1) is 13.8 Å². The number of carbonyl (C=O) groups excluding carboxylic acids is 2. The molecule has 2 amide bonds. The molecule has 0 atom stereocenters. The number of piperidine rings is 1. The van der Waals surface area contributed by atoms with Crippen molar-refractivity contribution in [3.63, 3.8) is 0 Å². The van der Waals surface area contributed by atoms with Crippen LogP contribution in [0.5, 0.6) is 0 Å². The standard InChI is InChI=1S/C20H25BrN8O2/c1-13-17(21)14(2)29(24-13)12-28-10-7-15(25-28)19(30)23-16-11-22-26(3)18(16)20(31)27-8-5-4-6-9-27/h7,10-11H,4-6,8-9,12H2,1-3H3,(H,23,30). The zero-order valence-electron chi connectivity index (χ0n) is 17.8. The Bertz CT molecular complexity index is 1120. The number of hydrogen-bond donors (Lipinski definition) is 1. The van der Waals surface area contributed by atoms with Gasteiger partial charge in [-0.25, -0.2) is 4.68 Å². The molecule has 10 nitrogen and oxygen atoms in total. The highest BCUT2D eigenvalue weighted by molar-refractivity contribution is 9.10. The maximum absolute atomic E-state index is 13.0. The summed E-state index contributed by atoms with van der Waals surface area (Å²) in [4.78, 5) is 27.6. The molecular weight excluding hydrogens is 464 g/mol. The van der Waals surface area contributed by atoms with Gasteiger partial charge in [0.25, 0.3) is 11.8 Å². The SMILES string of the molecule is Cc1nn(Cn2ccc(C(=O)Nc3cnn(C)c3C(=O)N3CCCCC3)n2)c(C)c1Br. The van der Waals surface area contributed by atoms with E-state index < -0.39 is 5.91 Å². The number of aryl methyl sites for hydroxylation is 2. The van der Waals surface area contributed by atoms with Gasteiger partial charge in [-0.15, -0.1) is 0 Å². The molecule has 1 aliphatic rings. The molecule has 0 saturated carbocycles. The number of aromatic nitrogens is 6. The first kappa shape index (κ1) is 21.3. The summed E-state index contributed by atoms with van der Waals surface area (Å²) in [5, 5.41) is 15.8. The molecule has 164 valence electrons. The second kappa shape index (κ2) is 8.66. The molecule has 3 aromatic heterocycles. The summed E-state index contributed by atoms with van der Waals surface area (Å²) >= 11 is 3.51. The number of nitrogens with one attached hydrogen (secondary N) is 1. The van der Waals surface area contributed by atoms with E-state index in [0.717, 1.165) is 48.2 Å². The van der Waals surface area contributed by atoms with Gasteiger partial charge in [0.1, 0.15) is 12.4 Å². The van der Waals surface area contributed by atoms with Gasteiger partial charge in [-0.3, -0.25) is 19.0 Å². The van der Waals surface area contributed by atoms with Crippen LogP contribution in [0.2, 0.25) is 0 Å². The van der Waals surface area contributed by atoms with Crippen molar-refractivity contribution >= 4 is 33.4 Å². The number of anilines is 1. The molecule has 0 aromatic carbocycles. The Balaban J connectivity index is 1.48. The molecule has 0 aliphatic carbocycles. The minimum atomic E-state index is -0.394. The minimum absolute atomic E-state index is 0.115. The van der Waals surface area contributed by atoms with Crippen LogP contribution >= 0.6 is 15.9 Å². The van der Waals surface area contributed by atoms with Crippen LogP contribution < -0.4 is 5.32 Å². The van der Waals surface area contributed by atoms with E-state index in [1.54, 1.807) is 24.0 Å². The van der Waals surface area contributed by atoms with Gasteiger partial charge in [-0.1, -0.05) is 0 Å². The first-order chi connectivity index (χ1) is 14.8. The monoisotopic (exact) mass is 488 g/mol. The van der Waals surface area contributed by atoms with Gasteiger partial charge in [-0.05, 0) is 55.1 Å². The van der Waals surface area contributed by atoms with Crippen LogP contribution in [0.25, 0.3) is 0 Å². The highest BCUT2D eigenvalue weighted by Crippen LogP contribution is 2.21. The Hall–Kier alpha value is -2.95. The summed E-state index contributed by atoms with van der Waals surface area (Å²) in [6, 6.07) is 1.64. The quantitative estimate of drug-likeness (QED) is 0.594. The molecule has 3 aromatic rings. The summed E-state index contributed by atoms with van der Waals surface area (Å²) < 4.78 is 5.92. The highest BCUT2D eigenvalue weighted by Gasteiger charge is 2.25. The van der Waals surface area contributed by atoms with Crippen molar-refractivity contribution in [2.24, 2.45) is 7.05 Å². The zero-order chi connectivity index (χ0) is 22.1. The molecule has 4 heterocycles. The summed E-state index contributed by atoms with van der Waals surface area (Å²) in [5.41, 5.74) is 2.89. The summed E-state index contributed by atoms with van der Waals surface area (Å²) in [7, 11) is 1.70. The third kappa shape index (κ3) is 4.27. The maximum atomic E-state index is 13.0. The molecule has 0 spiro atoms. The number of nitrogens with zero attached hydrogens (tertiary/aromatic N) is 7. The van der Waals surface area contributed by atoms with Crippen LogP contribution in [0.1, 0.15) is 51.6 Å². The maximum Gasteiger partial charge on any atom is 0.276 e. The van der Waals surface area contributed by atoms with Crippen LogP contribution in [0.15, 0.2) is 22.9 Å². The van der Waals surface area contributed by atoms with Crippen molar-refractivity contribution in [2.75, 3.05) is 18.4 Å². The topological polar surface area (TPSA) is 103 Å². The predicted octanol–water partition coefficient (Wildman–Crippen LogP) is 2.58. The van der Waals surface area contributed by atoms with Crippen LogP contribution in [-0.4, -0.2) is 59.1 Å². The lowest BCUT2D eigenvalue weighted by molar-refractivity contribution is 0.0714. The molecule has 1 N–H and O–H groups in total. The summed E-state index contributed by atoms with van der Waals surface area (Å²) in [6.07, 6.45) is 6.35. The van der Waals surface area contributed by atoms with Crippen molar-refractivity contribution < 1.29 is 9.59 Å². The highest BCUT2D eigenvalue weighted by atomic mass is 79.9. The van der Waals surface area contributed by atoms with Gasteiger partial charge < -0.3 is 10.2 Å². The molecule has 0 unspecified atom stereocenters. The smallest absolute Gasteiger partial charge is 0.276 e. The number of rotatable bonds is 5. The fourth-order valence-corrected chi connectivity index (χ4v) is 4.01. The molecule has 1 aliphatic heterocycles. The average Bonchev–Trinajstić information content (AvgIpc) is 3.44. The van der Waals surface area contributed by atoms with Gasteiger partial charge in [0.15, 0.2) is 5.69 Å². The fourth-order valence-electron chi connectivity index (χ4n) is 3.73. The molecule has 1 fully saturated rings. The Morgan fingerprint density at radius 1 is 1.16 bits per heavy atom. The Morgan fingerprint density at radius 3 is 2.58 bits per heavy atom. The van der Waals surface area contributed by atoms with Gasteiger partial charge in [0.2, 0.25) is 0 Å². The third-order valence-corrected chi connectivity index (χ3v) is 6.63. The van der Waals surface area contributed by atoms with E-state index in [9.17, 15) is 9.59 Å². The van der Waals surface area contributed by atoms with E-state index in [1.165, 1.54) is 10.9 Å².